The van der Waals surface area contributed by atoms with Crippen molar-refractivity contribution in [1.82, 2.24) is 5.32 Å². The molecular formula is C17H20ClNO. The Morgan fingerprint density at radius 3 is 2.25 bits per heavy atom. The lowest BCUT2D eigenvalue weighted by atomic mass is 9.95. The topological polar surface area (TPSA) is 21.3 Å². The van der Waals surface area contributed by atoms with Crippen molar-refractivity contribution in [2.45, 2.75) is 19.9 Å². The fourth-order valence-electron chi connectivity index (χ4n) is 2.60. The summed E-state index contributed by atoms with van der Waals surface area (Å²) in [6.45, 7) is 4.23. The molecule has 2 aromatic rings. The van der Waals surface area contributed by atoms with Crippen LogP contribution in [0.25, 0.3) is 0 Å². The van der Waals surface area contributed by atoms with Gasteiger partial charge in [-0.15, -0.1) is 0 Å². The molecule has 1 atom stereocenters. The Morgan fingerprint density at radius 2 is 1.70 bits per heavy atom. The number of rotatable bonds is 4. The van der Waals surface area contributed by atoms with Crippen LogP contribution in [0.1, 0.15) is 28.3 Å². The lowest BCUT2D eigenvalue weighted by molar-refractivity contribution is 0.405. The summed E-state index contributed by atoms with van der Waals surface area (Å²) in [5.74, 6) is 0.802. The second kappa shape index (κ2) is 6.29. The summed E-state index contributed by atoms with van der Waals surface area (Å²) in [5.41, 5.74) is 4.83. The van der Waals surface area contributed by atoms with Gasteiger partial charge >= 0.3 is 0 Å². The van der Waals surface area contributed by atoms with Crippen LogP contribution in [0.4, 0.5) is 0 Å². The Hall–Kier alpha value is -1.51. The molecular weight excluding hydrogens is 270 g/mol. The zero-order valence-corrected chi connectivity index (χ0v) is 13.1. The predicted octanol–water partition coefficient (Wildman–Crippen LogP) is 4.27. The standard InChI is InChI=1S/C17H20ClNO/c1-11-7-12(2)9-13(8-11)17(19-3)15-6-5-14(18)10-16(15)20-4/h5-10,17,19H,1-4H3. The molecule has 0 spiro atoms. The van der Waals surface area contributed by atoms with Crippen LogP contribution in [-0.2, 0) is 0 Å². The van der Waals surface area contributed by atoms with Gasteiger partial charge in [0.2, 0.25) is 0 Å². The van der Waals surface area contributed by atoms with E-state index in [1.54, 1.807) is 7.11 Å². The van der Waals surface area contributed by atoms with E-state index >= 15 is 0 Å². The molecule has 0 saturated heterocycles. The summed E-state index contributed by atoms with van der Waals surface area (Å²) in [6, 6.07) is 12.4. The molecule has 1 N–H and O–H groups in total. The third-order valence-electron chi connectivity index (χ3n) is 3.37. The summed E-state index contributed by atoms with van der Waals surface area (Å²) in [5, 5.41) is 4.04. The van der Waals surface area contributed by atoms with Crippen molar-refractivity contribution in [3.8, 4) is 5.75 Å². The Kier molecular flexibility index (Phi) is 4.69. The molecule has 20 heavy (non-hydrogen) atoms. The van der Waals surface area contributed by atoms with E-state index in [1.165, 1.54) is 16.7 Å². The fraction of sp³-hybridized carbons (Fsp3) is 0.294. The molecule has 0 fully saturated rings. The number of methoxy groups -OCH3 is 1. The van der Waals surface area contributed by atoms with Crippen LogP contribution in [0, 0.1) is 13.8 Å². The van der Waals surface area contributed by atoms with Crippen molar-refractivity contribution in [3.05, 3.63) is 63.7 Å². The highest BCUT2D eigenvalue weighted by Crippen LogP contribution is 2.32. The number of nitrogens with one attached hydrogen (secondary N) is 1. The second-order valence-electron chi connectivity index (χ2n) is 5.03. The number of hydrogen-bond acceptors (Lipinski definition) is 2. The van der Waals surface area contributed by atoms with Gasteiger partial charge in [0.25, 0.3) is 0 Å². The minimum Gasteiger partial charge on any atom is -0.496 e. The van der Waals surface area contributed by atoms with E-state index in [9.17, 15) is 0 Å². The SMILES string of the molecule is CNC(c1cc(C)cc(C)c1)c1ccc(Cl)cc1OC. The van der Waals surface area contributed by atoms with Crippen LogP contribution in [0.15, 0.2) is 36.4 Å². The molecule has 0 heterocycles. The Balaban J connectivity index is 2.52. The molecule has 0 aliphatic rings. The zero-order valence-electron chi connectivity index (χ0n) is 12.3. The van der Waals surface area contributed by atoms with Crippen LogP contribution < -0.4 is 10.1 Å². The molecule has 3 heteroatoms. The van der Waals surface area contributed by atoms with E-state index < -0.39 is 0 Å². The van der Waals surface area contributed by atoms with Crippen molar-refractivity contribution in [1.29, 1.82) is 0 Å². The zero-order chi connectivity index (χ0) is 14.7. The first-order chi connectivity index (χ1) is 9.55. The largest absolute Gasteiger partial charge is 0.496 e. The highest BCUT2D eigenvalue weighted by Gasteiger charge is 2.17. The first kappa shape index (κ1) is 14.9. The van der Waals surface area contributed by atoms with Crippen LogP contribution in [0.3, 0.4) is 0 Å². The normalized spacial score (nSPS) is 12.2. The third-order valence-corrected chi connectivity index (χ3v) is 3.61. The van der Waals surface area contributed by atoms with E-state index in [0.717, 1.165) is 11.3 Å². The Labute approximate surface area is 125 Å². The Bertz CT molecular complexity index is 590. The van der Waals surface area contributed by atoms with Gasteiger partial charge in [-0.1, -0.05) is 47.0 Å². The predicted molar refractivity (Wildman–Crippen MR) is 84.8 cm³/mol. The number of halogens is 1. The van der Waals surface area contributed by atoms with E-state index in [-0.39, 0.29) is 6.04 Å². The van der Waals surface area contributed by atoms with E-state index in [2.05, 4.69) is 37.4 Å². The van der Waals surface area contributed by atoms with Gasteiger partial charge in [0, 0.05) is 10.6 Å². The first-order valence-corrected chi connectivity index (χ1v) is 7.02. The molecule has 1 unspecified atom stereocenters. The first-order valence-electron chi connectivity index (χ1n) is 6.64. The molecule has 0 bridgehead atoms. The van der Waals surface area contributed by atoms with Gasteiger partial charge in [-0.2, -0.15) is 0 Å². The van der Waals surface area contributed by atoms with Gasteiger partial charge in [0.15, 0.2) is 0 Å². The van der Waals surface area contributed by atoms with Gasteiger partial charge in [0.1, 0.15) is 5.75 Å². The molecule has 0 radical (unpaired) electrons. The minimum atomic E-state index is 0.0841. The van der Waals surface area contributed by atoms with Gasteiger partial charge in [0.05, 0.1) is 13.2 Å². The highest BCUT2D eigenvalue weighted by molar-refractivity contribution is 6.30. The fourth-order valence-corrected chi connectivity index (χ4v) is 2.76. The lowest BCUT2D eigenvalue weighted by Crippen LogP contribution is -2.18. The van der Waals surface area contributed by atoms with Gasteiger partial charge in [-0.25, -0.2) is 0 Å². The molecule has 2 rings (SSSR count). The maximum Gasteiger partial charge on any atom is 0.125 e. The van der Waals surface area contributed by atoms with Gasteiger partial charge in [-0.05, 0) is 38.6 Å². The van der Waals surface area contributed by atoms with E-state index in [0.29, 0.717) is 5.02 Å². The summed E-state index contributed by atoms with van der Waals surface area (Å²) in [4.78, 5) is 0. The monoisotopic (exact) mass is 289 g/mol. The number of hydrogen-bond donors (Lipinski definition) is 1. The number of aryl methyl sites for hydroxylation is 2. The maximum atomic E-state index is 6.04. The summed E-state index contributed by atoms with van der Waals surface area (Å²) >= 11 is 6.04. The van der Waals surface area contributed by atoms with Gasteiger partial charge < -0.3 is 10.1 Å². The number of ether oxygens (including phenoxy) is 1. The van der Waals surface area contributed by atoms with Crippen molar-refractivity contribution >= 4 is 11.6 Å². The number of benzene rings is 2. The van der Waals surface area contributed by atoms with Crippen LogP contribution in [0.5, 0.6) is 5.75 Å². The maximum absolute atomic E-state index is 6.04. The molecule has 2 aromatic carbocycles. The van der Waals surface area contributed by atoms with Crippen LogP contribution in [0.2, 0.25) is 5.02 Å². The van der Waals surface area contributed by atoms with Crippen LogP contribution in [-0.4, -0.2) is 14.2 Å². The van der Waals surface area contributed by atoms with E-state index in [1.807, 2.05) is 25.2 Å². The van der Waals surface area contributed by atoms with Crippen molar-refractivity contribution < 1.29 is 4.74 Å². The molecule has 106 valence electrons. The minimum absolute atomic E-state index is 0.0841. The van der Waals surface area contributed by atoms with Crippen LogP contribution >= 0.6 is 11.6 Å². The molecule has 0 amide bonds. The molecule has 0 aliphatic carbocycles. The summed E-state index contributed by atoms with van der Waals surface area (Å²) < 4.78 is 5.47. The van der Waals surface area contributed by atoms with Crippen molar-refractivity contribution in [3.63, 3.8) is 0 Å². The average Bonchev–Trinajstić information content (AvgIpc) is 2.40. The van der Waals surface area contributed by atoms with E-state index in [4.69, 9.17) is 16.3 Å². The molecule has 0 aromatic heterocycles. The highest BCUT2D eigenvalue weighted by atomic mass is 35.5. The van der Waals surface area contributed by atoms with Gasteiger partial charge in [-0.3, -0.25) is 0 Å². The third kappa shape index (κ3) is 3.14. The molecule has 0 aliphatic heterocycles. The summed E-state index contributed by atoms with van der Waals surface area (Å²) in [6.07, 6.45) is 0. The summed E-state index contributed by atoms with van der Waals surface area (Å²) in [7, 11) is 3.62. The quantitative estimate of drug-likeness (QED) is 0.907. The van der Waals surface area contributed by atoms with Crippen molar-refractivity contribution in [2.75, 3.05) is 14.2 Å². The smallest absolute Gasteiger partial charge is 0.125 e. The van der Waals surface area contributed by atoms with Crippen molar-refractivity contribution in [2.24, 2.45) is 0 Å². The molecule has 2 nitrogen and oxygen atoms in total. The Morgan fingerprint density at radius 1 is 1.05 bits per heavy atom. The molecule has 0 saturated carbocycles. The average molecular weight is 290 g/mol. The lowest BCUT2D eigenvalue weighted by Gasteiger charge is -2.21. The second-order valence-corrected chi connectivity index (χ2v) is 5.47.